The maximum atomic E-state index is 12.8. The van der Waals surface area contributed by atoms with Crippen LogP contribution in [0.15, 0.2) is 80.2 Å². The molecule has 8 heteroatoms. The molecule has 0 spiro atoms. The van der Waals surface area contributed by atoms with Gasteiger partial charge in [-0.2, -0.15) is 10.1 Å². The molecule has 1 aromatic heterocycles. The van der Waals surface area contributed by atoms with Crippen LogP contribution in [-0.2, 0) is 4.79 Å². The number of carbonyl (C=O) groups excluding carboxylic acids is 1. The molecule has 0 saturated carbocycles. The van der Waals surface area contributed by atoms with Crippen LogP contribution in [-0.4, -0.2) is 16.5 Å². The lowest BCUT2D eigenvalue weighted by atomic mass is 10.1. The number of carbonyl (C=O) groups is 1. The molecular weight excluding hydrogens is 438 g/mol. The molecular formula is C21H14BrN3O4. The number of hydrazone groups is 1. The Balaban J connectivity index is 1.61. The molecule has 0 radical (unpaired) electrons. The Morgan fingerprint density at radius 1 is 1.14 bits per heavy atom. The van der Waals surface area contributed by atoms with Gasteiger partial charge in [0, 0.05) is 22.2 Å². The zero-order valence-corrected chi connectivity index (χ0v) is 16.8. The predicted molar refractivity (Wildman–Crippen MR) is 114 cm³/mol. The first-order valence-electron chi connectivity index (χ1n) is 8.64. The number of nitro benzene ring substituents is 1. The number of nitrogens with zero attached hydrogens (tertiary/aromatic N) is 3. The Morgan fingerprint density at radius 2 is 1.90 bits per heavy atom. The zero-order chi connectivity index (χ0) is 20.5. The van der Waals surface area contributed by atoms with Gasteiger partial charge in [-0.05, 0) is 49.4 Å². The summed E-state index contributed by atoms with van der Waals surface area (Å²) in [5.74, 6) is 0.686. The minimum atomic E-state index is -0.455. The summed E-state index contributed by atoms with van der Waals surface area (Å²) in [5.41, 5.74) is 2.23. The summed E-state index contributed by atoms with van der Waals surface area (Å²) in [5, 5.41) is 16.7. The van der Waals surface area contributed by atoms with Crippen LogP contribution in [0.2, 0.25) is 0 Å². The first-order valence-corrected chi connectivity index (χ1v) is 9.43. The third-order valence-corrected chi connectivity index (χ3v) is 4.92. The van der Waals surface area contributed by atoms with E-state index in [4.69, 9.17) is 4.42 Å². The second-order valence-corrected chi connectivity index (χ2v) is 7.26. The van der Waals surface area contributed by atoms with E-state index in [0.717, 1.165) is 4.47 Å². The van der Waals surface area contributed by atoms with Crippen LogP contribution in [0.25, 0.3) is 17.4 Å². The molecule has 4 rings (SSSR count). The van der Waals surface area contributed by atoms with Crippen molar-refractivity contribution in [1.29, 1.82) is 0 Å². The number of furan rings is 1. The Kier molecular flexibility index (Phi) is 4.85. The number of amides is 1. The molecule has 2 aromatic carbocycles. The largest absolute Gasteiger partial charge is 0.457 e. The van der Waals surface area contributed by atoms with Gasteiger partial charge in [-0.3, -0.25) is 14.9 Å². The fourth-order valence-electron chi connectivity index (χ4n) is 2.94. The van der Waals surface area contributed by atoms with Gasteiger partial charge in [0.2, 0.25) is 0 Å². The lowest BCUT2D eigenvalue weighted by Crippen LogP contribution is -2.21. The molecule has 29 heavy (non-hydrogen) atoms. The van der Waals surface area contributed by atoms with E-state index in [9.17, 15) is 14.9 Å². The van der Waals surface area contributed by atoms with Gasteiger partial charge in [0.1, 0.15) is 11.5 Å². The standard InChI is InChI=1S/C21H14BrN3O4/c1-13-19(21(26)24(23-13)16-7-5-15(22)6-8-16)12-18-9-10-20(29-18)14-3-2-4-17(11-14)25(27)28/h2-12H,1H3. The SMILES string of the molecule is CC1=NN(c2ccc(Br)cc2)C(=O)C1=Cc1ccc(-c2cccc([N+](=O)[O-])c2)o1. The molecule has 0 atom stereocenters. The summed E-state index contributed by atoms with van der Waals surface area (Å²) in [7, 11) is 0. The highest BCUT2D eigenvalue weighted by molar-refractivity contribution is 9.10. The van der Waals surface area contributed by atoms with E-state index in [1.165, 1.54) is 17.1 Å². The second-order valence-electron chi connectivity index (χ2n) is 6.35. The summed E-state index contributed by atoms with van der Waals surface area (Å²) < 4.78 is 6.70. The predicted octanol–water partition coefficient (Wildman–Crippen LogP) is 5.42. The van der Waals surface area contributed by atoms with Crippen molar-refractivity contribution in [2.24, 2.45) is 5.10 Å². The highest BCUT2D eigenvalue weighted by Crippen LogP contribution is 2.29. The van der Waals surface area contributed by atoms with Crippen LogP contribution in [0.5, 0.6) is 0 Å². The van der Waals surface area contributed by atoms with E-state index < -0.39 is 4.92 Å². The molecule has 0 aliphatic carbocycles. The van der Waals surface area contributed by atoms with Gasteiger partial charge in [-0.25, -0.2) is 0 Å². The molecule has 1 aliphatic rings. The fourth-order valence-corrected chi connectivity index (χ4v) is 3.21. The number of anilines is 1. The molecule has 0 saturated heterocycles. The van der Waals surface area contributed by atoms with Crippen LogP contribution in [0.4, 0.5) is 11.4 Å². The van der Waals surface area contributed by atoms with Gasteiger partial charge >= 0.3 is 0 Å². The molecule has 1 aliphatic heterocycles. The van der Waals surface area contributed by atoms with Gasteiger partial charge < -0.3 is 4.42 Å². The van der Waals surface area contributed by atoms with Crippen molar-refractivity contribution < 1.29 is 14.1 Å². The molecule has 144 valence electrons. The van der Waals surface area contributed by atoms with Gasteiger partial charge in [0.15, 0.2) is 0 Å². The van der Waals surface area contributed by atoms with Crippen LogP contribution in [0, 0.1) is 10.1 Å². The van der Waals surface area contributed by atoms with Crippen molar-refractivity contribution in [1.82, 2.24) is 0 Å². The maximum Gasteiger partial charge on any atom is 0.280 e. The minimum Gasteiger partial charge on any atom is -0.457 e. The summed E-state index contributed by atoms with van der Waals surface area (Å²) in [6.45, 7) is 1.76. The van der Waals surface area contributed by atoms with Crippen LogP contribution >= 0.6 is 15.9 Å². The molecule has 0 bridgehead atoms. The van der Waals surface area contributed by atoms with Crippen molar-refractivity contribution >= 4 is 45.0 Å². The lowest BCUT2D eigenvalue weighted by molar-refractivity contribution is -0.384. The second kappa shape index (κ2) is 7.48. The van der Waals surface area contributed by atoms with Crippen LogP contribution < -0.4 is 5.01 Å². The average molecular weight is 452 g/mol. The number of rotatable bonds is 4. The van der Waals surface area contributed by atoms with Crippen molar-refractivity contribution in [3.05, 3.63) is 86.6 Å². The van der Waals surface area contributed by atoms with Gasteiger partial charge in [0.05, 0.1) is 21.9 Å². The number of nitro groups is 1. The molecule has 0 N–H and O–H groups in total. The fraction of sp³-hybridized carbons (Fsp3) is 0.0476. The average Bonchev–Trinajstić information content (AvgIpc) is 3.29. The van der Waals surface area contributed by atoms with E-state index in [-0.39, 0.29) is 11.6 Å². The summed E-state index contributed by atoms with van der Waals surface area (Å²) in [4.78, 5) is 23.3. The van der Waals surface area contributed by atoms with E-state index in [1.54, 1.807) is 49.4 Å². The Labute approximate surface area is 174 Å². The Morgan fingerprint density at radius 3 is 2.62 bits per heavy atom. The molecule has 0 unspecified atom stereocenters. The maximum absolute atomic E-state index is 12.8. The highest BCUT2D eigenvalue weighted by Gasteiger charge is 2.29. The lowest BCUT2D eigenvalue weighted by Gasteiger charge is -2.11. The van der Waals surface area contributed by atoms with E-state index in [0.29, 0.717) is 34.1 Å². The molecule has 3 aromatic rings. The van der Waals surface area contributed by atoms with Gasteiger partial charge in [-0.1, -0.05) is 28.1 Å². The summed E-state index contributed by atoms with van der Waals surface area (Å²) in [6.07, 6.45) is 1.63. The smallest absolute Gasteiger partial charge is 0.280 e. The minimum absolute atomic E-state index is 0.0158. The molecule has 2 heterocycles. The first-order chi connectivity index (χ1) is 13.9. The van der Waals surface area contributed by atoms with Crippen molar-refractivity contribution in [2.45, 2.75) is 6.92 Å². The van der Waals surface area contributed by atoms with Crippen LogP contribution in [0.3, 0.4) is 0 Å². The first kappa shape index (κ1) is 18.8. The van der Waals surface area contributed by atoms with E-state index in [1.807, 2.05) is 12.1 Å². The number of hydrogen-bond acceptors (Lipinski definition) is 5. The highest BCUT2D eigenvalue weighted by atomic mass is 79.9. The zero-order valence-electron chi connectivity index (χ0n) is 15.2. The Bertz CT molecular complexity index is 1180. The number of halogens is 1. The number of hydrogen-bond donors (Lipinski definition) is 0. The Hall–Kier alpha value is -3.52. The molecule has 7 nitrogen and oxygen atoms in total. The topological polar surface area (TPSA) is 89.0 Å². The van der Waals surface area contributed by atoms with E-state index in [2.05, 4.69) is 21.0 Å². The van der Waals surface area contributed by atoms with Crippen molar-refractivity contribution in [3.8, 4) is 11.3 Å². The van der Waals surface area contributed by atoms with Gasteiger partial charge in [-0.15, -0.1) is 0 Å². The third-order valence-electron chi connectivity index (χ3n) is 4.39. The van der Waals surface area contributed by atoms with Crippen molar-refractivity contribution in [2.75, 3.05) is 5.01 Å². The van der Waals surface area contributed by atoms with Crippen LogP contribution in [0.1, 0.15) is 12.7 Å². The van der Waals surface area contributed by atoms with Gasteiger partial charge in [0.25, 0.3) is 11.6 Å². The number of benzene rings is 2. The monoisotopic (exact) mass is 451 g/mol. The number of non-ortho nitro benzene ring substituents is 1. The van der Waals surface area contributed by atoms with E-state index >= 15 is 0 Å². The molecule has 1 amide bonds. The normalized spacial score (nSPS) is 15.1. The molecule has 0 fully saturated rings. The third kappa shape index (κ3) is 3.74. The van der Waals surface area contributed by atoms with Crippen molar-refractivity contribution in [3.63, 3.8) is 0 Å². The quantitative estimate of drug-likeness (QED) is 0.300. The summed E-state index contributed by atoms with van der Waals surface area (Å²) >= 11 is 3.37. The summed E-state index contributed by atoms with van der Waals surface area (Å²) in [6, 6.07) is 16.9.